The number of aliphatic carboxylic acids is 1. The predicted octanol–water partition coefficient (Wildman–Crippen LogP) is 2.39. The van der Waals surface area contributed by atoms with E-state index < -0.39 is 35.0 Å². The number of amides is 1. The molecule has 3 rings (SSSR count). The van der Waals surface area contributed by atoms with Gasteiger partial charge in [0.1, 0.15) is 5.92 Å². The summed E-state index contributed by atoms with van der Waals surface area (Å²) in [5.74, 6) is -6.49. The number of anilines is 1. The average molecular weight is 341 g/mol. The Balaban J connectivity index is 1.63. The van der Waals surface area contributed by atoms with Crippen molar-refractivity contribution in [1.82, 2.24) is 0 Å². The molecule has 2 aliphatic carbocycles. The molecule has 2 fully saturated rings. The number of alkyl halides is 2. The van der Waals surface area contributed by atoms with E-state index in [1.165, 1.54) is 14.2 Å². The molecule has 1 aromatic carbocycles. The van der Waals surface area contributed by atoms with Crippen LogP contribution in [0.25, 0.3) is 0 Å². The van der Waals surface area contributed by atoms with E-state index in [1.807, 2.05) is 0 Å². The number of ether oxygens (including phenoxy) is 2. The highest BCUT2D eigenvalue weighted by atomic mass is 19.3. The first-order valence-electron chi connectivity index (χ1n) is 7.40. The SMILES string of the molecule is COc1ccc(NC(=O)C2CC3(C2)[C@@H](C(=O)O)C3(F)F)cc1OC. The number of hydrogen-bond acceptors (Lipinski definition) is 4. The largest absolute Gasteiger partial charge is 0.493 e. The zero-order valence-electron chi connectivity index (χ0n) is 13.1. The number of carboxylic acids is 1. The Morgan fingerprint density at radius 1 is 1.21 bits per heavy atom. The molecule has 1 amide bonds. The van der Waals surface area contributed by atoms with Gasteiger partial charge >= 0.3 is 5.97 Å². The summed E-state index contributed by atoms with van der Waals surface area (Å²) < 4.78 is 37.5. The summed E-state index contributed by atoms with van der Waals surface area (Å²) in [6.07, 6.45) is -0.230. The zero-order chi connectivity index (χ0) is 17.7. The molecule has 2 saturated carbocycles. The molecule has 2 aliphatic rings. The van der Waals surface area contributed by atoms with Crippen molar-refractivity contribution in [3.8, 4) is 11.5 Å². The monoisotopic (exact) mass is 341 g/mol. The third kappa shape index (κ3) is 2.20. The van der Waals surface area contributed by atoms with Crippen LogP contribution < -0.4 is 14.8 Å². The Morgan fingerprint density at radius 3 is 2.33 bits per heavy atom. The van der Waals surface area contributed by atoms with Gasteiger partial charge in [0, 0.05) is 17.7 Å². The van der Waals surface area contributed by atoms with E-state index in [0.29, 0.717) is 17.2 Å². The highest BCUT2D eigenvalue weighted by molar-refractivity contribution is 5.94. The van der Waals surface area contributed by atoms with Crippen molar-refractivity contribution in [3.63, 3.8) is 0 Å². The fourth-order valence-electron chi connectivity index (χ4n) is 3.57. The first-order chi connectivity index (χ1) is 11.3. The molecule has 6 nitrogen and oxygen atoms in total. The molecule has 130 valence electrons. The summed E-state index contributed by atoms with van der Waals surface area (Å²) in [6.45, 7) is 0. The van der Waals surface area contributed by atoms with E-state index in [9.17, 15) is 18.4 Å². The number of nitrogens with one attached hydrogen (secondary N) is 1. The molecular weight excluding hydrogens is 324 g/mol. The van der Waals surface area contributed by atoms with E-state index in [2.05, 4.69) is 5.32 Å². The minimum Gasteiger partial charge on any atom is -0.493 e. The highest BCUT2D eigenvalue weighted by Crippen LogP contribution is 2.76. The molecule has 1 atom stereocenters. The maximum atomic E-state index is 13.7. The van der Waals surface area contributed by atoms with Gasteiger partial charge in [-0.25, -0.2) is 8.78 Å². The van der Waals surface area contributed by atoms with E-state index in [-0.39, 0.29) is 12.8 Å². The minimum atomic E-state index is -3.22. The lowest BCUT2D eigenvalue weighted by Crippen LogP contribution is -2.39. The summed E-state index contributed by atoms with van der Waals surface area (Å²) in [6, 6.07) is 4.79. The van der Waals surface area contributed by atoms with Crippen LogP contribution in [0.4, 0.5) is 14.5 Å². The van der Waals surface area contributed by atoms with Crippen molar-refractivity contribution in [2.75, 3.05) is 19.5 Å². The van der Waals surface area contributed by atoms with Gasteiger partial charge in [-0.15, -0.1) is 0 Å². The van der Waals surface area contributed by atoms with Gasteiger partial charge in [0.05, 0.1) is 19.6 Å². The van der Waals surface area contributed by atoms with E-state index in [0.717, 1.165) is 0 Å². The number of benzene rings is 1. The first-order valence-corrected chi connectivity index (χ1v) is 7.40. The van der Waals surface area contributed by atoms with Gasteiger partial charge in [-0.3, -0.25) is 9.59 Å². The summed E-state index contributed by atoms with van der Waals surface area (Å²) in [5, 5.41) is 11.5. The number of carboxylic acid groups (broad SMARTS) is 1. The lowest BCUT2D eigenvalue weighted by molar-refractivity contribution is -0.142. The third-order valence-electron chi connectivity index (χ3n) is 4.99. The number of carbonyl (C=O) groups is 2. The number of halogens is 2. The predicted molar refractivity (Wildman–Crippen MR) is 79.4 cm³/mol. The van der Waals surface area contributed by atoms with E-state index in [4.69, 9.17) is 14.6 Å². The Hall–Kier alpha value is -2.38. The second kappa shape index (κ2) is 5.32. The lowest BCUT2D eigenvalue weighted by atomic mass is 9.69. The van der Waals surface area contributed by atoms with Crippen LogP contribution in [0.15, 0.2) is 18.2 Å². The maximum Gasteiger partial charge on any atom is 0.313 e. The first kappa shape index (κ1) is 16.5. The lowest BCUT2D eigenvalue weighted by Gasteiger charge is -2.34. The van der Waals surface area contributed by atoms with Crippen molar-refractivity contribution >= 4 is 17.6 Å². The number of methoxy groups -OCH3 is 2. The molecule has 24 heavy (non-hydrogen) atoms. The molecule has 8 heteroatoms. The van der Waals surface area contributed by atoms with Crippen LogP contribution in [-0.4, -0.2) is 37.1 Å². The molecule has 2 N–H and O–H groups in total. The molecule has 1 aromatic rings. The van der Waals surface area contributed by atoms with Gasteiger partial charge in [-0.05, 0) is 25.0 Å². The Bertz CT molecular complexity index is 700. The van der Waals surface area contributed by atoms with Crippen LogP contribution in [0.1, 0.15) is 12.8 Å². The minimum absolute atomic E-state index is 0.115. The van der Waals surface area contributed by atoms with Crippen molar-refractivity contribution < 1.29 is 33.0 Å². The molecule has 0 bridgehead atoms. The number of rotatable bonds is 5. The standard InChI is InChI=1S/C16H17F2NO5/c1-23-10-4-3-9(5-11(10)24-2)19-13(20)8-6-15(7-8)12(14(21)22)16(15,17)18/h3-5,8,12H,6-7H2,1-2H3,(H,19,20)(H,21,22)/t8?,12-,15?/m1/s1. The van der Waals surface area contributed by atoms with E-state index >= 15 is 0 Å². The molecular formula is C16H17F2NO5. The zero-order valence-corrected chi connectivity index (χ0v) is 13.1. The molecule has 1 spiro atoms. The second-order valence-electron chi connectivity index (χ2n) is 6.21. The Labute approximate surface area is 136 Å². The molecule has 0 unspecified atom stereocenters. The maximum absolute atomic E-state index is 13.7. The molecule has 0 saturated heterocycles. The van der Waals surface area contributed by atoms with Crippen LogP contribution in [0.2, 0.25) is 0 Å². The highest BCUT2D eigenvalue weighted by Gasteiger charge is 2.87. The Kier molecular flexibility index (Phi) is 3.65. The van der Waals surface area contributed by atoms with Crippen LogP contribution >= 0.6 is 0 Å². The molecule has 0 heterocycles. The average Bonchev–Trinajstić information content (AvgIpc) is 3.02. The quantitative estimate of drug-likeness (QED) is 0.859. The van der Waals surface area contributed by atoms with Gasteiger partial charge in [-0.2, -0.15) is 0 Å². The van der Waals surface area contributed by atoms with E-state index in [1.54, 1.807) is 18.2 Å². The van der Waals surface area contributed by atoms with Gasteiger partial charge in [0.2, 0.25) is 5.91 Å². The molecule has 0 radical (unpaired) electrons. The topological polar surface area (TPSA) is 84.9 Å². The van der Waals surface area contributed by atoms with Crippen molar-refractivity contribution in [2.24, 2.45) is 17.3 Å². The third-order valence-corrected chi connectivity index (χ3v) is 4.99. The van der Waals surface area contributed by atoms with Crippen LogP contribution in [0.3, 0.4) is 0 Å². The molecule has 0 aromatic heterocycles. The van der Waals surface area contributed by atoms with Crippen LogP contribution in [0, 0.1) is 17.3 Å². The van der Waals surface area contributed by atoms with Gasteiger partial charge < -0.3 is 19.9 Å². The van der Waals surface area contributed by atoms with Crippen LogP contribution in [-0.2, 0) is 9.59 Å². The fourth-order valence-corrected chi connectivity index (χ4v) is 3.57. The second-order valence-corrected chi connectivity index (χ2v) is 6.21. The van der Waals surface area contributed by atoms with Crippen molar-refractivity contribution in [1.29, 1.82) is 0 Å². The van der Waals surface area contributed by atoms with Crippen molar-refractivity contribution in [3.05, 3.63) is 18.2 Å². The van der Waals surface area contributed by atoms with Crippen LogP contribution in [0.5, 0.6) is 11.5 Å². The van der Waals surface area contributed by atoms with Gasteiger partial charge in [0.25, 0.3) is 5.92 Å². The molecule has 0 aliphatic heterocycles. The van der Waals surface area contributed by atoms with Gasteiger partial charge in [-0.1, -0.05) is 0 Å². The summed E-state index contributed by atoms with van der Waals surface area (Å²) in [5.41, 5.74) is -1.09. The summed E-state index contributed by atoms with van der Waals surface area (Å²) in [7, 11) is 2.94. The number of carbonyl (C=O) groups excluding carboxylic acids is 1. The summed E-state index contributed by atoms with van der Waals surface area (Å²) >= 11 is 0. The fraction of sp³-hybridized carbons (Fsp3) is 0.500. The summed E-state index contributed by atoms with van der Waals surface area (Å²) in [4.78, 5) is 23.1. The number of hydrogen-bond donors (Lipinski definition) is 2. The van der Waals surface area contributed by atoms with Gasteiger partial charge in [0.15, 0.2) is 11.5 Å². The normalized spacial score (nSPS) is 29.5. The Morgan fingerprint density at radius 2 is 1.83 bits per heavy atom. The van der Waals surface area contributed by atoms with Crippen molar-refractivity contribution in [2.45, 2.75) is 18.8 Å². The smallest absolute Gasteiger partial charge is 0.313 e.